The normalized spacial score (nSPS) is 23.2. The summed E-state index contributed by atoms with van der Waals surface area (Å²) in [6, 6.07) is 16.7. The van der Waals surface area contributed by atoms with E-state index in [0.29, 0.717) is 6.54 Å². The van der Waals surface area contributed by atoms with Crippen molar-refractivity contribution in [1.82, 2.24) is 0 Å². The summed E-state index contributed by atoms with van der Waals surface area (Å²) in [4.78, 5) is 13.9. The Kier molecular flexibility index (Phi) is 4.69. The molecule has 2 aromatic carbocycles. The van der Waals surface area contributed by atoms with Gasteiger partial charge in [0.25, 0.3) is 0 Å². The fourth-order valence-corrected chi connectivity index (χ4v) is 3.64. The summed E-state index contributed by atoms with van der Waals surface area (Å²) in [7, 11) is 1.63. The Hall–Kier alpha value is -2.56. The Morgan fingerprint density at radius 2 is 1.83 bits per heavy atom. The largest absolute Gasteiger partial charge is 0.497 e. The van der Waals surface area contributed by atoms with E-state index in [-0.39, 0.29) is 16.9 Å². The minimum Gasteiger partial charge on any atom is -0.497 e. The summed E-state index contributed by atoms with van der Waals surface area (Å²) in [6.07, 6.45) is 0.793. The lowest BCUT2D eigenvalue weighted by molar-refractivity contribution is -0.531. The van der Waals surface area contributed by atoms with E-state index in [9.17, 15) is 10.1 Å². The summed E-state index contributed by atoms with van der Waals surface area (Å²) < 4.78 is 5.22. The zero-order chi connectivity index (χ0) is 17.1. The van der Waals surface area contributed by atoms with Crippen molar-refractivity contribution in [3.8, 4) is 5.75 Å². The highest BCUT2D eigenvalue weighted by Gasteiger charge is 2.49. The summed E-state index contributed by atoms with van der Waals surface area (Å²) in [5, 5.41) is 11.8. The van der Waals surface area contributed by atoms with Crippen LogP contribution in [0, 0.1) is 16.0 Å². The third-order valence-corrected chi connectivity index (χ3v) is 4.89. The van der Waals surface area contributed by atoms with Crippen LogP contribution in [0.4, 0.5) is 5.69 Å². The molecule has 0 N–H and O–H groups in total. The molecule has 0 saturated carbocycles. The molecular formula is C19H22N2O3. The zero-order valence-corrected chi connectivity index (χ0v) is 14.0. The van der Waals surface area contributed by atoms with Crippen LogP contribution in [-0.2, 0) is 0 Å². The van der Waals surface area contributed by atoms with Crippen LogP contribution in [0.15, 0.2) is 54.6 Å². The second-order valence-electron chi connectivity index (χ2n) is 6.15. The standard InChI is InChI=1S/C19H22N2O3/c1-3-14-13-20(16-9-11-17(24-2)12-10-16)18(19(14)21(22)23)15-7-5-4-6-8-15/h4-12,14,18-19H,3,13H2,1-2H3/t14-,18-,19+/m1/s1. The molecule has 0 spiro atoms. The van der Waals surface area contributed by atoms with E-state index in [4.69, 9.17) is 4.74 Å². The van der Waals surface area contributed by atoms with Gasteiger partial charge in [-0.2, -0.15) is 0 Å². The molecule has 5 nitrogen and oxygen atoms in total. The number of anilines is 1. The van der Waals surface area contributed by atoms with Gasteiger partial charge in [-0.3, -0.25) is 10.1 Å². The molecule has 0 bridgehead atoms. The fraction of sp³-hybridized carbons (Fsp3) is 0.368. The van der Waals surface area contributed by atoms with Gasteiger partial charge in [0, 0.05) is 23.1 Å². The number of benzene rings is 2. The first kappa shape index (κ1) is 16.3. The van der Waals surface area contributed by atoms with Crippen molar-refractivity contribution in [2.75, 3.05) is 18.6 Å². The lowest BCUT2D eigenvalue weighted by atomic mass is 9.92. The Balaban J connectivity index is 2.03. The number of methoxy groups -OCH3 is 1. The fourth-order valence-electron chi connectivity index (χ4n) is 3.64. The van der Waals surface area contributed by atoms with Gasteiger partial charge in [0.15, 0.2) is 0 Å². The van der Waals surface area contributed by atoms with Crippen molar-refractivity contribution >= 4 is 5.69 Å². The van der Waals surface area contributed by atoms with Crippen molar-refractivity contribution in [2.24, 2.45) is 5.92 Å². The second-order valence-corrected chi connectivity index (χ2v) is 6.15. The number of hydrogen-bond donors (Lipinski definition) is 0. The Morgan fingerprint density at radius 1 is 1.17 bits per heavy atom. The Morgan fingerprint density at radius 3 is 2.38 bits per heavy atom. The predicted octanol–water partition coefficient (Wildman–Crippen LogP) is 3.93. The molecule has 0 aliphatic carbocycles. The zero-order valence-electron chi connectivity index (χ0n) is 14.0. The van der Waals surface area contributed by atoms with Gasteiger partial charge >= 0.3 is 0 Å². The Labute approximate surface area is 142 Å². The van der Waals surface area contributed by atoms with Gasteiger partial charge in [0.1, 0.15) is 11.8 Å². The van der Waals surface area contributed by atoms with Gasteiger partial charge in [-0.15, -0.1) is 0 Å². The average Bonchev–Trinajstić information content (AvgIpc) is 3.02. The highest BCUT2D eigenvalue weighted by molar-refractivity contribution is 5.53. The third kappa shape index (κ3) is 2.94. The van der Waals surface area contributed by atoms with E-state index in [1.54, 1.807) is 7.11 Å². The maximum absolute atomic E-state index is 11.8. The minimum atomic E-state index is -0.598. The monoisotopic (exact) mass is 326 g/mol. The van der Waals surface area contributed by atoms with Crippen molar-refractivity contribution in [3.63, 3.8) is 0 Å². The van der Waals surface area contributed by atoms with Crippen LogP contribution in [0.5, 0.6) is 5.75 Å². The van der Waals surface area contributed by atoms with Crippen LogP contribution in [0.3, 0.4) is 0 Å². The average molecular weight is 326 g/mol. The molecule has 5 heteroatoms. The van der Waals surface area contributed by atoms with E-state index in [1.165, 1.54) is 0 Å². The summed E-state index contributed by atoms with van der Waals surface area (Å²) in [6.45, 7) is 2.72. The van der Waals surface area contributed by atoms with Crippen LogP contribution in [0.25, 0.3) is 0 Å². The van der Waals surface area contributed by atoms with Crippen LogP contribution < -0.4 is 9.64 Å². The first-order chi connectivity index (χ1) is 11.7. The van der Waals surface area contributed by atoms with Crippen LogP contribution in [0.2, 0.25) is 0 Å². The number of nitrogens with zero attached hydrogens (tertiary/aromatic N) is 2. The lowest BCUT2D eigenvalue weighted by Crippen LogP contribution is -2.33. The number of rotatable bonds is 5. The molecule has 1 fully saturated rings. The predicted molar refractivity (Wildman–Crippen MR) is 94.1 cm³/mol. The number of ether oxygens (including phenoxy) is 1. The van der Waals surface area contributed by atoms with Gasteiger partial charge < -0.3 is 9.64 Å². The van der Waals surface area contributed by atoms with Crippen molar-refractivity contribution < 1.29 is 9.66 Å². The second kappa shape index (κ2) is 6.91. The summed E-state index contributed by atoms with van der Waals surface area (Å²) >= 11 is 0. The maximum Gasteiger partial charge on any atom is 0.241 e. The molecular weight excluding hydrogens is 304 g/mol. The molecule has 1 saturated heterocycles. The molecule has 0 radical (unpaired) electrons. The maximum atomic E-state index is 11.8. The number of nitro groups is 1. The summed E-state index contributed by atoms with van der Waals surface area (Å²) in [5.74, 6) is 0.819. The van der Waals surface area contributed by atoms with Gasteiger partial charge in [-0.1, -0.05) is 37.3 Å². The van der Waals surface area contributed by atoms with E-state index in [1.807, 2.05) is 61.5 Å². The van der Waals surface area contributed by atoms with Crippen molar-refractivity contribution in [1.29, 1.82) is 0 Å². The lowest BCUT2D eigenvalue weighted by Gasteiger charge is -2.27. The molecule has 0 aromatic heterocycles. The van der Waals surface area contributed by atoms with Crippen LogP contribution in [0.1, 0.15) is 24.9 Å². The van der Waals surface area contributed by atoms with E-state index in [0.717, 1.165) is 23.4 Å². The van der Waals surface area contributed by atoms with E-state index < -0.39 is 6.04 Å². The molecule has 126 valence electrons. The molecule has 3 rings (SSSR count). The van der Waals surface area contributed by atoms with Crippen molar-refractivity contribution in [3.05, 3.63) is 70.3 Å². The van der Waals surface area contributed by atoms with Gasteiger partial charge in [0.05, 0.1) is 7.11 Å². The van der Waals surface area contributed by atoms with Gasteiger partial charge in [0.2, 0.25) is 6.04 Å². The number of hydrogen-bond acceptors (Lipinski definition) is 4. The molecule has 1 aliphatic rings. The van der Waals surface area contributed by atoms with E-state index >= 15 is 0 Å². The molecule has 24 heavy (non-hydrogen) atoms. The highest BCUT2D eigenvalue weighted by Crippen LogP contribution is 2.42. The van der Waals surface area contributed by atoms with Gasteiger partial charge in [-0.25, -0.2) is 0 Å². The molecule has 2 aromatic rings. The molecule has 0 unspecified atom stereocenters. The first-order valence-corrected chi connectivity index (χ1v) is 8.24. The van der Waals surface area contributed by atoms with E-state index in [2.05, 4.69) is 4.90 Å². The summed E-state index contributed by atoms with van der Waals surface area (Å²) in [5.41, 5.74) is 1.98. The molecule has 3 atom stereocenters. The van der Waals surface area contributed by atoms with Crippen LogP contribution >= 0.6 is 0 Å². The van der Waals surface area contributed by atoms with Crippen LogP contribution in [-0.4, -0.2) is 24.6 Å². The third-order valence-electron chi connectivity index (χ3n) is 4.89. The Bertz CT molecular complexity index is 688. The van der Waals surface area contributed by atoms with Gasteiger partial charge in [-0.05, 0) is 36.2 Å². The molecule has 1 aliphatic heterocycles. The topological polar surface area (TPSA) is 55.6 Å². The molecule has 0 amide bonds. The van der Waals surface area contributed by atoms with Crippen molar-refractivity contribution in [2.45, 2.75) is 25.4 Å². The minimum absolute atomic E-state index is 0.0345. The SMILES string of the molecule is CC[C@@H]1CN(c2ccc(OC)cc2)[C@H](c2ccccc2)[C@H]1[N+](=O)[O-]. The quantitative estimate of drug-likeness (QED) is 0.617. The molecule has 1 heterocycles. The smallest absolute Gasteiger partial charge is 0.241 e. The first-order valence-electron chi connectivity index (χ1n) is 8.24. The highest BCUT2D eigenvalue weighted by atomic mass is 16.6.